The van der Waals surface area contributed by atoms with Crippen molar-refractivity contribution in [3.63, 3.8) is 0 Å². The van der Waals surface area contributed by atoms with Crippen molar-refractivity contribution in [3.8, 4) is 0 Å². The molecular formula is C21H33ClO2. The molecule has 24 heavy (non-hydrogen) atoms. The van der Waals surface area contributed by atoms with Crippen molar-refractivity contribution in [1.29, 1.82) is 0 Å². The first-order chi connectivity index (χ1) is 11.7. The lowest BCUT2D eigenvalue weighted by molar-refractivity contribution is 0.0497. The minimum Gasteiger partial charge on any atom is -0.462 e. The summed E-state index contributed by atoms with van der Waals surface area (Å²) in [5, 5.41) is 0.632. The Bertz CT molecular complexity index is 428. The standard InChI is InChI=1S/C21H33ClO2/c1-2-3-4-5-6-7-8-9-10-11-12-13-18-24-21(23)19-14-16-20(22)17-15-19/h14-17H,2-13,18H2,1H3. The molecular weight excluding hydrogens is 320 g/mol. The van der Waals surface area contributed by atoms with E-state index in [0.29, 0.717) is 17.2 Å². The van der Waals surface area contributed by atoms with E-state index in [0.717, 1.165) is 12.8 Å². The van der Waals surface area contributed by atoms with Crippen LogP contribution in [0.1, 0.15) is 94.3 Å². The predicted molar refractivity (Wildman–Crippen MR) is 103 cm³/mol. The average molecular weight is 353 g/mol. The Hall–Kier alpha value is -1.02. The Balaban J connectivity index is 1.87. The topological polar surface area (TPSA) is 26.3 Å². The van der Waals surface area contributed by atoms with E-state index in [2.05, 4.69) is 6.92 Å². The highest BCUT2D eigenvalue weighted by Crippen LogP contribution is 2.13. The SMILES string of the molecule is CCCCCCCCCCCCCCOC(=O)c1ccc(Cl)cc1. The van der Waals surface area contributed by atoms with Gasteiger partial charge in [0.15, 0.2) is 0 Å². The molecule has 0 aliphatic heterocycles. The summed E-state index contributed by atoms with van der Waals surface area (Å²) in [6.45, 7) is 2.78. The average Bonchev–Trinajstić information content (AvgIpc) is 2.59. The van der Waals surface area contributed by atoms with E-state index in [4.69, 9.17) is 16.3 Å². The summed E-state index contributed by atoms with van der Waals surface area (Å²) in [5.74, 6) is -0.255. The lowest BCUT2D eigenvalue weighted by Gasteiger charge is -2.05. The highest BCUT2D eigenvalue weighted by molar-refractivity contribution is 6.30. The Kier molecular flexibility index (Phi) is 12.6. The number of carbonyl (C=O) groups is 1. The van der Waals surface area contributed by atoms with Gasteiger partial charge in [-0.1, -0.05) is 89.2 Å². The van der Waals surface area contributed by atoms with Crippen molar-refractivity contribution in [2.75, 3.05) is 6.61 Å². The molecule has 0 atom stereocenters. The van der Waals surface area contributed by atoms with Gasteiger partial charge < -0.3 is 4.74 Å². The Morgan fingerprint density at radius 2 is 1.25 bits per heavy atom. The monoisotopic (exact) mass is 352 g/mol. The fraction of sp³-hybridized carbons (Fsp3) is 0.667. The first kappa shape index (κ1) is 21.0. The van der Waals surface area contributed by atoms with Gasteiger partial charge in [-0.25, -0.2) is 4.79 Å². The third kappa shape index (κ3) is 10.7. The molecule has 0 aromatic heterocycles. The van der Waals surface area contributed by atoms with E-state index in [1.54, 1.807) is 24.3 Å². The molecule has 1 aromatic carbocycles. The molecule has 0 N–H and O–H groups in total. The van der Waals surface area contributed by atoms with Gasteiger partial charge >= 0.3 is 5.97 Å². The van der Waals surface area contributed by atoms with Crippen molar-refractivity contribution in [2.24, 2.45) is 0 Å². The van der Waals surface area contributed by atoms with E-state index in [1.165, 1.54) is 64.2 Å². The second-order valence-electron chi connectivity index (χ2n) is 6.53. The van der Waals surface area contributed by atoms with E-state index >= 15 is 0 Å². The van der Waals surface area contributed by atoms with E-state index in [-0.39, 0.29) is 5.97 Å². The molecule has 1 aromatic rings. The Morgan fingerprint density at radius 1 is 0.792 bits per heavy atom. The van der Waals surface area contributed by atoms with Gasteiger partial charge in [-0.05, 0) is 30.7 Å². The maximum Gasteiger partial charge on any atom is 0.338 e. The van der Waals surface area contributed by atoms with Gasteiger partial charge in [0.25, 0.3) is 0 Å². The number of hydrogen-bond acceptors (Lipinski definition) is 2. The van der Waals surface area contributed by atoms with Crippen molar-refractivity contribution < 1.29 is 9.53 Å². The molecule has 0 amide bonds. The number of hydrogen-bond donors (Lipinski definition) is 0. The van der Waals surface area contributed by atoms with Gasteiger partial charge in [-0.15, -0.1) is 0 Å². The summed E-state index contributed by atoms with van der Waals surface area (Å²) in [6, 6.07) is 6.82. The lowest BCUT2D eigenvalue weighted by atomic mass is 10.1. The summed E-state index contributed by atoms with van der Waals surface area (Å²) in [5.41, 5.74) is 0.568. The van der Waals surface area contributed by atoms with Gasteiger partial charge in [0.1, 0.15) is 0 Å². The van der Waals surface area contributed by atoms with E-state index in [1.807, 2.05) is 0 Å². The molecule has 0 bridgehead atoms. The van der Waals surface area contributed by atoms with E-state index < -0.39 is 0 Å². The van der Waals surface area contributed by atoms with Crippen LogP contribution in [0.2, 0.25) is 5.02 Å². The molecule has 0 radical (unpaired) electrons. The number of ether oxygens (including phenoxy) is 1. The second-order valence-corrected chi connectivity index (χ2v) is 6.97. The number of halogens is 1. The molecule has 136 valence electrons. The highest BCUT2D eigenvalue weighted by Gasteiger charge is 2.05. The maximum absolute atomic E-state index is 11.8. The molecule has 0 unspecified atom stereocenters. The van der Waals surface area contributed by atoms with Crippen LogP contribution in [-0.4, -0.2) is 12.6 Å². The van der Waals surface area contributed by atoms with Crippen LogP contribution in [0.15, 0.2) is 24.3 Å². The Morgan fingerprint density at radius 3 is 1.75 bits per heavy atom. The van der Waals surface area contributed by atoms with Crippen LogP contribution >= 0.6 is 11.6 Å². The quantitative estimate of drug-likeness (QED) is 0.261. The van der Waals surface area contributed by atoms with Crippen LogP contribution in [0.5, 0.6) is 0 Å². The third-order valence-electron chi connectivity index (χ3n) is 4.31. The van der Waals surface area contributed by atoms with Gasteiger partial charge in [0, 0.05) is 5.02 Å². The molecule has 0 fully saturated rings. The summed E-state index contributed by atoms with van der Waals surface area (Å²) < 4.78 is 5.28. The smallest absolute Gasteiger partial charge is 0.338 e. The lowest BCUT2D eigenvalue weighted by Crippen LogP contribution is -2.06. The second kappa shape index (κ2) is 14.3. The van der Waals surface area contributed by atoms with Crippen LogP contribution in [0.25, 0.3) is 0 Å². The third-order valence-corrected chi connectivity index (χ3v) is 4.56. The number of benzene rings is 1. The van der Waals surface area contributed by atoms with Crippen LogP contribution in [0.3, 0.4) is 0 Å². The molecule has 1 rings (SSSR count). The zero-order chi connectivity index (χ0) is 17.5. The molecule has 3 heteroatoms. The summed E-state index contributed by atoms with van der Waals surface area (Å²) in [7, 11) is 0. The van der Waals surface area contributed by atoms with E-state index in [9.17, 15) is 4.79 Å². The summed E-state index contributed by atoms with van der Waals surface area (Å²) in [6.07, 6.45) is 15.7. The van der Waals surface area contributed by atoms with Crippen LogP contribution in [-0.2, 0) is 4.74 Å². The number of rotatable bonds is 14. The number of unbranched alkanes of at least 4 members (excludes halogenated alkanes) is 11. The zero-order valence-electron chi connectivity index (χ0n) is 15.2. The molecule has 0 aliphatic carbocycles. The minimum absolute atomic E-state index is 0.255. The van der Waals surface area contributed by atoms with Gasteiger partial charge in [-0.3, -0.25) is 0 Å². The van der Waals surface area contributed by atoms with Crippen molar-refractivity contribution in [3.05, 3.63) is 34.9 Å². The van der Waals surface area contributed by atoms with Crippen molar-refractivity contribution in [1.82, 2.24) is 0 Å². The number of esters is 1. The molecule has 2 nitrogen and oxygen atoms in total. The van der Waals surface area contributed by atoms with Crippen LogP contribution < -0.4 is 0 Å². The normalized spacial score (nSPS) is 10.8. The van der Waals surface area contributed by atoms with Crippen molar-refractivity contribution >= 4 is 17.6 Å². The van der Waals surface area contributed by atoms with Gasteiger partial charge in [0.2, 0.25) is 0 Å². The van der Waals surface area contributed by atoms with Crippen LogP contribution in [0, 0.1) is 0 Å². The number of carbonyl (C=O) groups excluding carboxylic acids is 1. The largest absolute Gasteiger partial charge is 0.462 e. The summed E-state index contributed by atoms with van der Waals surface area (Å²) in [4.78, 5) is 11.8. The van der Waals surface area contributed by atoms with Gasteiger partial charge in [0.05, 0.1) is 12.2 Å². The fourth-order valence-corrected chi connectivity index (χ4v) is 2.90. The minimum atomic E-state index is -0.255. The summed E-state index contributed by atoms with van der Waals surface area (Å²) >= 11 is 5.80. The van der Waals surface area contributed by atoms with Crippen LogP contribution in [0.4, 0.5) is 0 Å². The highest BCUT2D eigenvalue weighted by atomic mass is 35.5. The molecule has 0 aliphatic rings. The molecule has 0 spiro atoms. The molecule has 0 saturated carbocycles. The molecule has 0 heterocycles. The Labute approximate surface area is 152 Å². The zero-order valence-corrected chi connectivity index (χ0v) is 16.0. The fourth-order valence-electron chi connectivity index (χ4n) is 2.78. The first-order valence-electron chi connectivity index (χ1n) is 9.66. The molecule has 0 saturated heterocycles. The van der Waals surface area contributed by atoms with Crippen molar-refractivity contribution in [2.45, 2.75) is 84.0 Å². The first-order valence-corrected chi connectivity index (χ1v) is 10.0. The predicted octanol–water partition coefficient (Wildman–Crippen LogP) is 7.20. The maximum atomic E-state index is 11.8. The van der Waals surface area contributed by atoms with Gasteiger partial charge in [-0.2, -0.15) is 0 Å².